The number of carbonyl (C=O) groups is 1. The van der Waals surface area contributed by atoms with E-state index in [9.17, 15) is 4.79 Å². The summed E-state index contributed by atoms with van der Waals surface area (Å²) in [5.74, 6) is -0.674. The first-order chi connectivity index (χ1) is 7.99. The van der Waals surface area contributed by atoms with Crippen molar-refractivity contribution in [3.05, 3.63) is 0 Å². The molecule has 0 radical (unpaired) electrons. The van der Waals surface area contributed by atoms with Crippen molar-refractivity contribution in [2.24, 2.45) is 5.41 Å². The number of carboxylic acid groups (broad SMARTS) is 1. The third kappa shape index (κ3) is 6.67. The number of rotatable bonds is 7. The number of hydrogen-bond acceptors (Lipinski definition) is 2. The van der Waals surface area contributed by atoms with E-state index >= 15 is 0 Å². The van der Waals surface area contributed by atoms with Gasteiger partial charge in [-0.15, -0.1) is 0 Å². The van der Waals surface area contributed by atoms with E-state index < -0.39 is 5.97 Å². The average molecular weight is 241 g/mol. The van der Waals surface area contributed by atoms with Gasteiger partial charge in [0, 0.05) is 12.5 Å². The number of nitrogens with one attached hydrogen (secondary N) is 1. The molecule has 0 bridgehead atoms. The lowest BCUT2D eigenvalue weighted by molar-refractivity contribution is -0.137. The summed E-state index contributed by atoms with van der Waals surface area (Å²) in [6.45, 7) is 5.76. The first-order valence-electron chi connectivity index (χ1n) is 6.95. The molecular weight excluding hydrogens is 214 g/mol. The summed E-state index contributed by atoms with van der Waals surface area (Å²) >= 11 is 0. The second-order valence-electron chi connectivity index (χ2n) is 6.10. The van der Waals surface area contributed by atoms with Crippen LogP contribution >= 0.6 is 0 Å². The Bertz CT molecular complexity index is 228. The second kappa shape index (κ2) is 7.00. The highest BCUT2D eigenvalue weighted by Crippen LogP contribution is 2.34. The molecule has 2 N–H and O–H groups in total. The molecular formula is C14H27NO2. The van der Waals surface area contributed by atoms with Crippen molar-refractivity contribution in [2.75, 3.05) is 6.54 Å². The quantitative estimate of drug-likeness (QED) is 0.673. The van der Waals surface area contributed by atoms with Crippen molar-refractivity contribution in [1.29, 1.82) is 0 Å². The molecule has 0 spiro atoms. The molecule has 3 heteroatoms. The molecule has 0 aliphatic heterocycles. The minimum Gasteiger partial charge on any atom is -0.481 e. The van der Waals surface area contributed by atoms with Crippen LogP contribution in [0.3, 0.4) is 0 Å². The van der Waals surface area contributed by atoms with Crippen LogP contribution in [0.1, 0.15) is 65.2 Å². The number of hydrogen-bond donors (Lipinski definition) is 2. The van der Waals surface area contributed by atoms with Crippen molar-refractivity contribution in [2.45, 2.75) is 71.3 Å². The minimum atomic E-state index is -0.674. The number of aliphatic carboxylic acids is 1. The fraction of sp³-hybridized carbons (Fsp3) is 0.929. The van der Waals surface area contributed by atoms with Crippen LogP contribution in [0.5, 0.6) is 0 Å². The summed E-state index contributed by atoms with van der Waals surface area (Å²) in [6, 6.07) is 0.697. The van der Waals surface area contributed by atoms with Gasteiger partial charge in [-0.3, -0.25) is 4.79 Å². The average Bonchev–Trinajstić information content (AvgIpc) is 2.25. The largest absolute Gasteiger partial charge is 0.481 e. The van der Waals surface area contributed by atoms with E-state index in [-0.39, 0.29) is 0 Å². The highest BCUT2D eigenvalue weighted by molar-refractivity contribution is 5.66. The zero-order valence-electron chi connectivity index (χ0n) is 11.3. The van der Waals surface area contributed by atoms with E-state index in [0.717, 1.165) is 25.8 Å². The molecule has 0 amide bonds. The second-order valence-corrected chi connectivity index (χ2v) is 6.10. The van der Waals surface area contributed by atoms with Crippen LogP contribution in [0.4, 0.5) is 0 Å². The molecule has 100 valence electrons. The smallest absolute Gasteiger partial charge is 0.303 e. The highest BCUT2D eigenvalue weighted by atomic mass is 16.4. The van der Waals surface area contributed by atoms with E-state index in [0.29, 0.717) is 17.9 Å². The third-order valence-electron chi connectivity index (χ3n) is 3.84. The normalized spacial score (nSPS) is 20.4. The molecule has 17 heavy (non-hydrogen) atoms. The molecule has 1 aliphatic rings. The van der Waals surface area contributed by atoms with Gasteiger partial charge in [-0.2, -0.15) is 0 Å². The van der Waals surface area contributed by atoms with Gasteiger partial charge in [0.1, 0.15) is 0 Å². The molecule has 0 aromatic heterocycles. The van der Waals surface area contributed by atoms with Gasteiger partial charge in [-0.1, -0.05) is 20.3 Å². The van der Waals surface area contributed by atoms with Gasteiger partial charge < -0.3 is 10.4 Å². The van der Waals surface area contributed by atoms with Crippen LogP contribution in [-0.4, -0.2) is 23.7 Å². The zero-order chi connectivity index (χ0) is 12.7. The number of unbranched alkanes of at least 4 members (excludes halogenated alkanes) is 2. The number of carboxylic acids is 1. The van der Waals surface area contributed by atoms with Gasteiger partial charge in [0.05, 0.1) is 0 Å². The van der Waals surface area contributed by atoms with Crippen molar-refractivity contribution < 1.29 is 9.90 Å². The van der Waals surface area contributed by atoms with Gasteiger partial charge in [0.25, 0.3) is 0 Å². The third-order valence-corrected chi connectivity index (χ3v) is 3.84. The van der Waals surface area contributed by atoms with E-state index in [1.807, 2.05) is 0 Å². The van der Waals surface area contributed by atoms with Gasteiger partial charge in [-0.25, -0.2) is 0 Å². The Balaban J connectivity index is 1.95. The Hall–Kier alpha value is -0.570. The molecule has 0 saturated heterocycles. The molecule has 1 rings (SSSR count). The lowest BCUT2D eigenvalue weighted by Gasteiger charge is -2.34. The topological polar surface area (TPSA) is 49.3 Å². The van der Waals surface area contributed by atoms with E-state index in [2.05, 4.69) is 19.2 Å². The molecule has 0 aromatic rings. The summed E-state index contributed by atoms with van der Waals surface area (Å²) in [4.78, 5) is 10.3. The lowest BCUT2D eigenvalue weighted by atomic mass is 9.75. The Morgan fingerprint density at radius 2 is 1.88 bits per heavy atom. The predicted octanol–water partition coefficient (Wildman–Crippen LogP) is 3.19. The van der Waals surface area contributed by atoms with Crippen LogP contribution in [0, 0.1) is 5.41 Å². The Kier molecular flexibility index (Phi) is 5.96. The van der Waals surface area contributed by atoms with Gasteiger partial charge in [0.2, 0.25) is 0 Å². The lowest BCUT2D eigenvalue weighted by Crippen LogP contribution is -2.36. The van der Waals surface area contributed by atoms with Crippen LogP contribution in [0.2, 0.25) is 0 Å². The molecule has 0 unspecified atom stereocenters. The Morgan fingerprint density at radius 3 is 2.47 bits per heavy atom. The molecule has 0 heterocycles. The fourth-order valence-electron chi connectivity index (χ4n) is 2.49. The summed E-state index contributed by atoms with van der Waals surface area (Å²) < 4.78 is 0. The molecule has 0 aromatic carbocycles. The molecule has 3 nitrogen and oxygen atoms in total. The fourth-order valence-corrected chi connectivity index (χ4v) is 2.49. The molecule has 1 fully saturated rings. The summed E-state index contributed by atoms with van der Waals surface area (Å²) in [5.41, 5.74) is 0.541. The SMILES string of the molecule is CC1(C)CCC(NCCCCCC(=O)O)CC1. The summed E-state index contributed by atoms with van der Waals surface area (Å²) in [7, 11) is 0. The molecule has 1 saturated carbocycles. The minimum absolute atomic E-state index is 0.317. The van der Waals surface area contributed by atoms with Crippen LogP contribution < -0.4 is 5.32 Å². The van der Waals surface area contributed by atoms with Crippen molar-refractivity contribution in [3.63, 3.8) is 0 Å². The van der Waals surface area contributed by atoms with Crippen molar-refractivity contribution in [1.82, 2.24) is 5.32 Å². The van der Waals surface area contributed by atoms with Crippen LogP contribution in [-0.2, 0) is 4.79 Å². The first kappa shape index (κ1) is 14.5. The van der Waals surface area contributed by atoms with Gasteiger partial charge in [0.15, 0.2) is 0 Å². The maximum absolute atomic E-state index is 10.3. The predicted molar refractivity (Wildman–Crippen MR) is 70.1 cm³/mol. The van der Waals surface area contributed by atoms with Crippen LogP contribution in [0.15, 0.2) is 0 Å². The zero-order valence-corrected chi connectivity index (χ0v) is 11.3. The summed E-state index contributed by atoms with van der Waals surface area (Å²) in [6.07, 6.45) is 8.49. The Morgan fingerprint density at radius 1 is 1.24 bits per heavy atom. The van der Waals surface area contributed by atoms with E-state index in [1.54, 1.807) is 0 Å². The molecule has 0 atom stereocenters. The monoisotopic (exact) mass is 241 g/mol. The van der Waals surface area contributed by atoms with E-state index in [1.165, 1.54) is 25.7 Å². The summed E-state index contributed by atoms with van der Waals surface area (Å²) in [5, 5.41) is 12.1. The first-order valence-corrected chi connectivity index (χ1v) is 6.95. The standard InChI is InChI=1S/C14H27NO2/c1-14(2)9-7-12(8-10-14)15-11-5-3-4-6-13(16)17/h12,15H,3-11H2,1-2H3,(H,16,17). The van der Waals surface area contributed by atoms with E-state index in [4.69, 9.17) is 5.11 Å². The van der Waals surface area contributed by atoms with Crippen molar-refractivity contribution >= 4 is 5.97 Å². The van der Waals surface area contributed by atoms with Crippen LogP contribution in [0.25, 0.3) is 0 Å². The highest BCUT2D eigenvalue weighted by Gasteiger charge is 2.26. The van der Waals surface area contributed by atoms with Gasteiger partial charge >= 0.3 is 5.97 Å². The van der Waals surface area contributed by atoms with Gasteiger partial charge in [-0.05, 0) is 50.5 Å². The maximum Gasteiger partial charge on any atom is 0.303 e. The maximum atomic E-state index is 10.3. The van der Waals surface area contributed by atoms with Crippen molar-refractivity contribution in [3.8, 4) is 0 Å². The molecule has 1 aliphatic carbocycles. The Labute approximate surface area is 105 Å².